The van der Waals surface area contributed by atoms with Crippen LogP contribution in [0.3, 0.4) is 0 Å². The molecule has 1 heterocycles. The number of esters is 1. The molecule has 1 unspecified atom stereocenters. The summed E-state index contributed by atoms with van der Waals surface area (Å²) in [6, 6.07) is -0.462. The lowest BCUT2D eigenvalue weighted by Crippen LogP contribution is -2.65. The van der Waals surface area contributed by atoms with Gasteiger partial charge in [0.25, 0.3) is 0 Å². The van der Waals surface area contributed by atoms with Gasteiger partial charge in [0.1, 0.15) is 0 Å². The minimum atomic E-state index is -0.462. The van der Waals surface area contributed by atoms with Crippen LogP contribution < -0.4 is 5.32 Å². The van der Waals surface area contributed by atoms with Crippen LogP contribution in [-0.4, -0.2) is 48.6 Å². The van der Waals surface area contributed by atoms with Gasteiger partial charge in [-0.25, -0.2) is 0 Å². The van der Waals surface area contributed by atoms with E-state index in [1.54, 1.807) is 4.90 Å². The first-order valence-electron chi connectivity index (χ1n) is 5.53. The number of nitrogens with zero attached hydrogens (tertiary/aromatic N) is 1. The molecule has 0 aromatic rings. The second kappa shape index (κ2) is 4.82. The molecule has 1 saturated heterocycles. The van der Waals surface area contributed by atoms with Crippen LogP contribution in [-0.2, 0) is 14.3 Å². The van der Waals surface area contributed by atoms with E-state index in [9.17, 15) is 9.59 Å². The Hall–Kier alpha value is -1.10. The fourth-order valence-corrected chi connectivity index (χ4v) is 2.01. The highest BCUT2D eigenvalue weighted by Crippen LogP contribution is 2.16. The lowest BCUT2D eigenvalue weighted by molar-refractivity contribution is -0.147. The van der Waals surface area contributed by atoms with Crippen molar-refractivity contribution in [1.29, 1.82) is 0 Å². The zero-order valence-corrected chi connectivity index (χ0v) is 10.4. The van der Waals surface area contributed by atoms with Gasteiger partial charge in [-0.15, -0.1) is 0 Å². The van der Waals surface area contributed by atoms with Gasteiger partial charge in [-0.3, -0.25) is 14.9 Å². The maximum atomic E-state index is 12.0. The summed E-state index contributed by atoms with van der Waals surface area (Å²) in [4.78, 5) is 24.9. The fourth-order valence-electron chi connectivity index (χ4n) is 2.01. The van der Waals surface area contributed by atoms with Crippen LogP contribution in [0.15, 0.2) is 0 Å². The van der Waals surface area contributed by atoms with Gasteiger partial charge in [-0.2, -0.15) is 0 Å². The van der Waals surface area contributed by atoms with E-state index in [1.807, 2.05) is 20.8 Å². The highest BCUT2D eigenvalue weighted by molar-refractivity contribution is 5.87. The van der Waals surface area contributed by atoms with E-state index in [4.69, 9.17) is 0 Å². The Bertz CT molecular complexity index is 289. The summed E-state index contributed by atoms with van der Waals surface area (Å²) in [6.45, 7) is 7.31. The van der Waals surface area contributed by atoms with Gasteiger partial charge in [0, 0.05) is 18.6 Å². The molecule has 5 nitrogen and oxygen atoms in total. The van der Waals surface area contributed by atoms with Crippen LogP contribution >= 0.6 is 0 Å². The lowest BCUT2D eigenvalue weighted by atomic mass is 9.96. The van der Waals surface area contributed by atoms with Crippen LogP contribution in [0.4, 0.5) is 0 Å². The third-order valence-corrected chi connectivity index (χ3v) is 2.74. The van der Waals surface area contributed by atoms with E-state index >= 15 is 0 Å². The number of nitrogens with one attached hydrogen (secondary N) is 1. The Morgan fingerprint density at radius 2 is 2.25 bits per heavy atom. The summed E-state index contributed by atoms with van der Waals surface area (Å²) >= 11 is 0. The second-order valence-corrected chi connectivity index (χ2v) is 4.71. The Morgan fingerprint density at radius 3 is 2.75 bits per heavy atom. The zero-order valence-electron chi connectivity index (χ0n) is 10.4. The van der Waals surface area contributed by atoms with Gasteiger partial charge < -0.3 is 9.64 Å². The molecule has 0 radical (unpaired) electrons. The van der Waals surface area contributed by atoms with Crippen LogP contribution in [0.5, 0.6) is 0 Å². The fraction of sp³-hybridized carbons (Fsp3) is 0.818. The SMILES string of the molecule is CCN1CC(C)(C)NC(CC(=O)OC)C1=O. The summed E-state index contributed by atoms with van der Waals surface area (Å²) in [5.74, 6) is -0.383. The molecule has 1 N–H and O–H groups in total. The Balaban J connectivity index is 2.74. The topological polar surface area (TPSA) is 58.6 Å². The van der Waals surface area contributed by atoms with Crippen molar-refractivity contribution in [2.24, 2.45) is 0 Å². The minimum Gasteiger partial charge on any atom is -0.469 e. The van der Waals surface area contributed by atoms with Gasteiger partial charge in [-0.05, 0) is 20.8 Å². The first-order valence-corrected chi connectivity index (χ1v) is 5.53. The molecule has 1 aliphatic rings. The highest BCUT2D eigenvalue weighted by atomic mass is 16.5. The molecule has 5 heteroatoms. The number of likely N-dealkylation sites (N-methyl/N-ethyl adjacent to an activating group) is 1. The molecular formula is C11H20N2O3. The average molecular weight is 228 g/mol. The van der Waals surface area contributed by atoms with Crippen LogP contribution in [0.1, 0.15) is 27.2 Å². The van der Waals surface area contributed by atoms with Gasteiger partial charge >= 0.3 is 5.97 Å². The van der Waals surface area contributed by atoms with Crippen LogP contribution in [0, 0.1) is 0 Å². The zero-order chi connectivity index (χ0) is 12.3. The van der Waals surface area contributed by atoms with Crippen molar-refractivity contribution < 1.29 is 14.3 Å². The van der Waals surface area contributed by atoms with Gasteiger partial charge in [0.2, 0.25) is 5.91 Å². The number of carbonyl (C=O) groups is 2. The number of rotatable bonds is 3. The monoisotopic (exact) mass is 228 g/mol. The molecule has 1 fully saturated rings. The Morgan fingerprint density at radius 1 is 1.62 bits per heavy atom. The molecule has 16 heavy (non-hydrogen) atoms. The van der Waals surface area contributed by atoms with E-state index in [1.165, 1.54) is 7.11 Å². The maximum absolute atomic E-state index is 12.0. The number of amides is 1. The van der Waals surface area contributed by atoms with E-state index in [2.05, 4.69) is 10.1 Å². The van der Waals surface area contributed by atoms with Crippen LogP contribution in [0.2, 0.25) is 0 Å². The minimum absolute atomic E-state index is 0.0211. The van der Waals surface area contributed by atoms with Crippen LogP contribution in [0.25, 0.3) is 0 Å². The van der Waals surface area contributed by atoms with Gasteiger partial charge in [0.05, 0.1) is 19.6 Å². The smallest absolute Gasteiger partial charge is 0.307 e. The molecule has 1 rings (SSSR count). The molecular weight excluding hydrogens is 208 g/mol. The predicted molar refractivity (Wildman–Crippen MR) is 59.9 cm³/mol. The molecule has 0 bridgehead atoms. The molecule has 1 atom stereocenters. The van der Waals surface area contributed by atoms with Crippen molar-refractivity contribution in [1.82, 2.24) is 10.2 Å². The molecule has 0 spiro atoms. The number of piperazine rings is 1. The standard InChI is InChI=1S/C11H20N2O3/c1-5-13-7-11(2,3)12-8(10(13)15)6-9(14)16-4/h8,12H,5-7H2,1-4H3. The second-order valence-electron chi connectivity index (χ2n) is 4.71. The number of methoxy groups -OCH3 is 1. The highest BCUT2D eigenvalue weighted by Gasteiger charge is 2.38. The number of ether oxygens (including phenoxy) is 1. The van der Waals surface area contributed by atoms with Gasteiger partial charge in [-0.1, -0.05) is 0 Å². The summed E-state index contributed by atoms with van der Waals surface area (Å²) in [5.41, 5.74) is -0.164. The largest absolute Gasteiger partial charge is 0.469 e. The third-order valence-electron chi connectivity index (χ3n) is 2.74. The van der Waals surface area contributed by atoms with Crippen molar-refractivity contribution in [2.45, 2.75) is 38.8 Å². The molecule has 92 valence electrons. The van der Waals surface area contributed by atoms with Crippen molar-refractivity contribution in [3.05, 3.63) is 0 Å². The van der Waals surface area contributed by atoms with E-state index in [-0.39, 0.29) is 23.8 Å². The summed E-state index contributed by atoms with van der Waals surface area (Å²) in [7, 11) is 1.33. The Labute approximate surface area is 96.1 Å². The Kier molecular flexibility index (Phi) is 3.91. The molecule has 0 aromatic heterocycles. The molecule has 0 saturated carbocycles. The van der Waals surface area contributed by atoms with Crippen molar-refractivity contribution in [2.75, 3.05) is 20.2 Å². The number of hydrogen-bond acceptors (Lipinski definition) is 4. The first-order chi connectivity index (χ1) is 7.39. The summed E-state index contributed by atoms with van der Waals surface area (Å²) in [5, 5.41) is 3.18. The van der Waals surface area contributed by atoms with Crippen molar-refractivity contribution in [3.8, 4) is 0 Å². The quantitative estimate of drug-likeness (QED) is 0.698. The molecule has 0 aliphatic carbocycles. The first kappa shape index (κ1) is 13.0. The lowest BCUT2D eigenvalue weighted by Gasteiger charge is -2.42. The maximum Gasteiger partial charge on any atom is 0.307 e. The van der Waals surface area contributed by atoms with Crippen molar-refractivity contribution in [3.63, 3.8) is 0 Å². The van der Waals surface area contributed by atoms with E-state index in [0.29, 0.717) is 13.1 Å². The summed E-state index contributed by atoms with van der Waals surface area (Å²) in [6.07, 6.45) is 0.0925. The summed E-state index contributed by atoms with van der Waals surface area (Å²) < 4.78 is 4.59. The normalized spacial score (nSPS) is 24.4. The number of carbonyl (C=O) groups excluding carboxylic acids is 2. The average Bonchev–Trinajstić information content (AvgIpc) is 2.22. The molecule has 0 aromatic carbocycles. The predicted octanol–water partition coefficient (Wildman–Crippen LogP) is 0.148. The van der Waals surface area contributed by atoms with Crippen molar-refractivity contribution >= 4 is 11.9 Å². The molecule has 1 amide bonds. The molecule has 1 aliphatic heterocycles. The van der Waals surface area contributed by atoms with E-state index in [0.717, 1.165) is 0 Å². The third kappa shape index (κ3) is 2.95. The van der Waals surface area contributed by atoms with Gasteiger partial charge in [0.15, 0.2) is 0 Å². The number of hydrogen-bond donors (Lipinski definition) is 1. The van der Waals surface area contributed by atoms with E-state index < -0.39 is 6.04 Å².